The lowest BCUT2D eigenvalue weighted by atomic mass is 10.0. The van der Waals surface area contributed by atoms with Gasteiger partial charge in [-0.25, -0.2) is 0 Å². The summed E-state index contributed by atoms with van der Waals surface area (Å²) in [7, 11) is 1.65. The molecule has 1 fully saturated rings. The van der Waals surface area contributed by atoms with E-state index in [0.29, 0.717) is 17.2 Å². The van der Waals surface area contributed by atoms with Gasteiger partial charge in [0, 0.05) is 0 Å². The van der Waals surface area contributed by atoms with Crippen LogP contribution in [0.15, 0.2) is 41.0 Å². The molecule has 0 spiro atoms. The van der Waals surface area contributed by atoms with Crippen LogP contribution >= 0.6 is 0 Å². The van der Waals surface area contributed by atoms with E-state index in [-0.39, 0.29) is 11.9 Å². The van der Waals surface area contributed by atoms with Crippen molar-refractivity contribution in [2.24, 2.45) is 5.92 Å². The Morgan fingerprint density at radius 3 is 2.52 bits per heavy atom. The van der Waals surface area contributed by atoms with Gasteiger partial charge in [0.15, 0.2) is 0 Å². The number of carbonyl (C=O) groups is 1. The summed E-state index contributed by atoms with van der Waals surface area (Å²) in [4.78, 5) is 12.4. The average molecular weight is 285 g/mol. The highest BCUT2D eigenvalue weighted by atomic mass is 16.5. The molecule has 110 valence electrons. The molecule has 1 aromatic carbocycles. The van der Waals surface area contributed by atoms with E-state index in [0.717, 1.165) is 24.2 Å². The zero-order valence-electron chi connectivity index (χ0n) is 12.3. The van der Waals surface area contributed by atoms with Crippen molar-refractivity contribution in [3.8, 4) is 5.75 Å². The Labute approximate surface area is 124 Å². The fourth-order valence-corrected chi connectivity index (χ4v) is 2.55. The van der Waals surface area contributed by atoms with Gasteiger partial charge in [-0.15, -0.1) is 0 Å². The molecule has 0 saturated heterocycles. The topological polar surface area (TPSA) is 51.5 Å². The van der Waals surface area contributed by atoms with Gasteiger partial charge in [-0.3, -0.25) is 4.79 Å². The van der Waals surface area contributed by atoms with Crippen LogP contribution in [0.4, 0.5) is 0 Å². The summed E-state index contributed by atoms with van der Waals surface area (Å²) < 4.78 is 10.4. The summed E-state index contributed by atoms with van der Waals surface area (Å²) in [5, 5.41) is 3.14. The molecule has 1 aliphatic carbocycles. The lowest BCUT2D eigenvalue weighted by molar-refractivity contribution is 0.0930. The Morgan fingerprint density at radius 1 is 1.29 bits per heavy atom. The first kappa shape index (κ1) is 13.7. The fraction of sp³-hybridized carbons (Fsp3) is 0.353. The molecule has 4 heteroatoms. The van der Waals surface area contributed by atoms with Gasteiger partial charge in [0.1, 0.15) is 11.5 Å². The first-order valence-corrected chi connectivity index (χ1v) is 7.18. The maximum absolute atomic E-state index is 12.4. The van der Waals surface area contributed by atoms with E-state index < -0.39 is 0 Å². The highest BCUT2D eigenvalue weighted by Crippen LogP contribution is 2.41. The van der Waals surface area contributed by atoms with Crippen molar-refractivity contribution < 1.29 is 13.9 Å². The Kier molecular flexibility index (Phi) is 3.69. The van der Waals surface area contributed by atoms with Crippen LogP contribution in [-0.2, 0) is 0 Å². The molecule has 2 aromatic rings. The second-order valence-corrected chi connectivity index (χ2v) is 5.45. The van der Waals surface area contributed by atoms with Gasteiger partial charge in [-0.05, 0) is 49.4 Å². The number of hydrogen-bond acceptors (Lipinski definition) is 3. The lowest BCUT2D eigenvalue weighted by Crippen LogP contribution is -2.30. The van der Waals surface area contributed by atoms with Crippen LogP contribution in [-0.4, -0.2) is 13.0 Å². The van der Waals surface area contributed by atoms with E-state index >= 15 is 0 Å². The van der Waals surface area contributed by atoms with E-state index in [1.807, 2.05) is 24.3 Å². The smallest absolute Gasteiger partial charge is 0.255 e. The summed E-state index contributed by atoms with van der Waals surface area (Å²) in [5.41, 5.74) is 1.72. The van der Waals surface area contributed by atoms with Crippen molar-refractivity contribution in [3.63, 3.8) is 0 Å². The molecule has 1 aliphatic rings. The highest BCUT2D eigenvalue weighted by molar-refractivity contribution is 5.95. The number of hydrogen-bond donors (Lipinski definition) is 1. The Morgan fingerprint density at radius 2 is 2.00 bits per heavy atom. The number of amides is 1. The van der Waals surface area contributed by atoms with Crippen LogP contribution in [0.5, 0.6) is 5.75 Å². The predicted molar refractivity (Wildman–Crippen MR) is 79.4 cm³/mol. The number of rotatable bonds is 5. The largest absolute Gasteiger partial charge is 0.497 e. The minimum absolute atomic E-state index is 0.0534. The third-order valence-electron chi connectivity index (χ3n) is 3.96. The summed E-state index contributed by atoms with van der Waals surface area (Å²) in [6.45, 7) is 1.80. The summed E-state index contributed by atoms with van der Waals surface area (Å²) in [6.07, 6.45) is 3.85. The quantitative estimate of drug-likeness (QED) is 0.915. The SMILES string of the molecule is COc1ccc(C(NC(=O)c2ccoc2C)C2CC2)cc1. The van der Waals surface area contributed by atoms with Gasteiger partial charge in [0.05, 0.1) is 25.0 Å². The van der Waals surface area contributed by atoms with Crippen LogP contribution in [0.2, 0.25) is 0 Å². The Hall–Kier alpha value is -2.23. The summed E-state index contributed by atoms with van der Waals surface area (Å²) in [6, 6.07) is 9.66. The van der Waals surface area contributed by atoms with E-state index in [9.17, 15) is 4.79 Å². The molecule has 1 saturated carbocycles. The molecule has 1 N–H and O–H groups in total. The van der Waals surface area contributed by atoms with Crippen LogP contribution < -0.4 is 10.1 Å². The molecular weight excluding hydrogens is 266 g/mol. The maximum atomic E-state index is 12.4. The molecule has 1 amide bonds. The van der Waals surface area contributed by atoms with Crippen molar-refractivity contribution >= 4 is 5.91 Å². The molecule has 0 radical (unpaired) electrons. The predicted octanol–water partition coefficient (Wildman–Crippen LogP) is 3.48. The standard InChI is InChI=1S/C17H19NO3/c1-11-15(9-10-21-11)17(19)18-16(12-3-4-12)13-5-7-14(20-2)8-6-13/h5-10,12,16H,3-4H2,1-2H3,(H,18,19). The van der Waals surface area contributed by atoms with Crippen LogP contribution in [0.25, 0.3) is 0 Å². The third-order valence-corrected chi connectivity index (χ3v) is 3.96. The second kappa shape index (κ2) is 5.64. The number of nitrogens with one attached hydrogen (secondary N) is 1. The molecule has 1 heterocycles. The molecule has 1 aromatic heterocycles. The summed E-state index contributed by atoms with van der Waals surface area (Å²) >= 11 is 0. The maximum Gasteiger partial charge on any atom is 0.255 e. The van der Waals surface area contributed by atoms with Crippen molar-refractivity contribution in [2.45, 2.75) is 25.8 Å². The van der Waals surface area contributed by atoms with Crippen molar-refractivity contribution in [3.05, 3.63) is 53.5 Å². The van der Waals surface area contributed by atoms with Crippen LogP contribution in [0, 0.1) is 12.8 Å². The van der Waals surface area contributed by atoms with Crippen LogP contribution in [0.1, 0.15) is 40.6 Å². The molecule has 0 aliphatic heterocycles. The van der Waals surface area contributed by atoms with E-state index in [1.165, 1.54) is 0 Å². The van der Waals surface area contributed by atoms with Crippen molar-refractivity contribution in [2.75, 3.05) is 7.11 Å². The minimum Gasteiger partial charge on any atom is -0.497 e. The minimum atomic E-state index is -0.0750. The van der Waals surface area contributed by atoms with E-state index in [4.69, 9.17) is 9.15 Å². The number of benzene rings is 1. The Bertz CT molecular complexity index is 626. The monoisotopic (exact) mass is 285 g/mol. The number of ether oxygens (including phenoxy) is 1. The number of aryl methyl sites for hydroxylation is 1. The molecule has 4 nitrogen and oxygen atoms in total. The number of methoxy groups -OCH3 is 1. The molecular formula is C17H19NO3. The zero-order valence-corrected chi connectivity index (χ0v) is 12.3. The molecule has 1 unspecified atom stereocenters. The number of carbonyl (C=O) groups excluding carboxylic acids is 1. The average Bonchev–Trinajstić information content (AvgIpc) is 3.26. The van der Waals surface area contributed by atoms with Gasteiger partial charge in [0.25, 0.3) is 5.91 Å². The van der Waals surface area contributed by atoms with Gasteiger partial charge >= 0.3 is 0 Å². The van der Waals surface area contributed by atoms with Crippen molar-refractivity contribution in [1.82, 2.24) is 5.32 Å². The molecule has 1 atom stereocenters. The van der Waals surface area contributed by atoms with Gasteiger partial charge < -0.3 is 14.5 Å². The molecule has 3 rings (SSSR count). The third kappa shape index (κ3) is 2.94. The molecule has 0 bridgehead atoms. The highest BCUT2D eigenvalue weighted by Gasteiger charge is 2.34. The second-order valence-electron chi connectivity index (χ2n) is 5.45. The molecule has 21 heavy (non-hydrogen) atoms. The van der Waals surface area contributed by atoms with Crippen molar-refractivity contribution in [1.29, 1.82) is 0 Å². The Balaban J connectivity index is 1.78. The summed E-state index contributed by atoms with van der Waals surface area (Å²) in [5.74, 6) is 1.92. The normalized spacial score (nSPS) is 15.5. The van der Waals surface area contributed by atoms with E-state index in [1.54, 1.807) is 26.4 Å². The first-order chi connectivity index (χ1) is 10.2. The number of furan rings is 1. The van der Waals surface area contributed by atoms with Gasteiger partial charge in [-0.1, -0.05) is 12.1 Å². The van der Waals surface area contributed by atoms with Gasteiger partial charge in [0.2, 0.25) is 0 Å². The van der Waals surface area contributed by atoms with Gasteiger partial charge in [-0.2, -0.15) is 0 Å². The first-order valence-electron chi connectivity index (χ1n) is 7.18. The van der Waals surface area contributed by atoms with Crippen LogP contribution in [0.3, 0.4) is 0 Å². The fourth-order valence-electron chi connectivity index (χ4n) is 2.55. The van der Waals surface area contributed by atoms with E-state index in [2.05, 4.69) is 5.32 Å². The lowest BCUT2D eigenvalue weighted by Gasteiger charge is -2.19. The zero-order chi connectivity index (χ0) is 14.8.